The van der Waals surface area contributed by atoms with E-state index >= 15 is 0 Å². The van der Waals surface area contributed by atoms with Gasteiger partial charge in [0.1, 0.15) is 23.7 Å². The maximum absolute atomic E-state index is 13.5. The van der Waals surface area contributed by atoms with Crippen molar-refractivity contribution in [3.8, 4) is 0 Å². The van der Waals surface area contributed by atoms with Gasteiger partial charge in [0.15, 0.2) is 0 Å². The minimum Gasteiger partial charge on any atom is -0.478 e. The van der Waals surface area contributed by atoms with E-state index in [4.69, 9.17) is 9.52 Å². The number of nitrogens with one attached hydrogen (secondary N) is 1. The van der Waals surface area contributed by atoms with Crippen LogP contribution in [0, 0.1) is 18.6 Å². The number of furan rings is 1. The van der Waals surface area contributed by atoms with Gasteiger partial charge in [-0.3, -0.25) is 0 Å². The molecule has 0 atom stereocenters. The number of carboxylic acid groups (broad SMARTS) is 1. The molecule has 0 amide bonds. The van der Waals surface area contributed by atoms with Crippen molar-refractivity contribution in [1.29, 1.82) is 0 Å². The second-order valence-electron chi connectivity index (χ2n) is 4.04. The van der Waals surface area contributed by atoms with E-state index in [1.54, 1.807) is 0 Å². The van der Waals surface area contributed by atoms with Gasteiger partial charge >= 0.3 is 5.97 Å². The van der Waals surface area contributed by atoms with E-state index in [9.17, 15) is 13.6 Å². The minimum absolute atomic E-state index is 0.00336. The predicted octanol–water partition coefficient (Wildman–Crippen LogP) is 3.18. The Balaban J connectivity index is 2.09. The van der Waals surface area contributed by atoms with Gasteiger partial charge in [0.2, 0.25) is 0 Å². The topological polar surface area (TPSA) is 62.5 Å². The minimum atomic E-state index is -1.11. The largest absolute Gasteiger partial charge is 0.478 e. The maximum Gasteiger partial charge on any atom is 0.338 e. The molecule has 0 saturated carbocycles. The zero-order valence-corrected chi connectivity index (χ0v) is 10.0. The fraction of sp³-hybridized carbons (Fsp3) is 0.154. The maximum atomic E-state index is 13.5. The molecular weight excluding hydrogens is 256 g/mol. The van der Waals surface area contributed by atoms with Gasteiger partial charge in [-0.05, 0) is 24.6 Å². The van der Waals surface area contributed by atoms with E-state index in [-0.39, 0.29) is 23.4 Å². The number of benzene rings is 1. The first-order valence-electron chi connectivity index (χ1n) is 5.47. The van der Waals surface area contributed by atoms with Crippen LogP contribution in [0.2, 0.25) is 0 Å². The van der Waals surface area contributed by atoms with E-state index in [0.717, 1.165) is 18.4 Å². The number of halogens is 2. The fourth-order valence-corrected chi connectivity index (χ4v) is 1.55. The molecule has 0 fully saturated rings. The van der Waals surface area contributed by atoms with Crippen molar-refractivity contribution in [3.05, 3.63) is 53.0 Å². The van der Waals surface area contributed by atoms with E-state index < -0.39 is 17.6 Å². The van der Waals surface area contributed by atoms with Crippen LogP contribution in [0.3, 0.4) is 0 Å². The van der Waals surface area contributed by atoms with Crippen molar-refractivity contribution in [2.24, 2.45) is 0 Å². The van der Waals surface area contributed by atoms with Crippen molar-refractivity contribution in [1.82, 2.24) is 0 Å². The average molecular weight is 267 g/mol. The molecule has 1 heterocycles. The van der Waals surface area contributed by atoms with Crippen LogP contribution in [-0.4, -0.2) is 11.1 Å². The number of rotatable bonds is 4. The lowest BCUT2D eigenvalue weighted by Crippen LogP contribution is -2.02. The van der Waals surface area contributed by atoms with Gasteiger partial charge in [0, 0.05) is 6.07 Å². The molecule has 0 aliphatic carbocycles. The van der Waals surface area contributed by atoms with Crippen molar-refractivity contribution in [2.75, 3.05) is 5.32 Å². The van der Waals surface area contributed by atoms with Crippen LogP contribution >= 0.6 is 0 Å². The second kappa shape index (κ2) is 5.09. The third-order valence-corrected chi connectivity index (χ3v) is 2.60. The second-order valence-corrected chi connectivity index (χ2v) is 4.04. The molecule has 6 heteroatoms. The average Bonchev–Trinajstić information content (AvgIpc) is 2.81. The monoisotopic (exact) mass is 267 g/mol. The smallest absolute Gasteiger partial charge is 0.338 e. The fourth-order valence-electron chi connectivity index (χ4n) is 1.55. The van der Waals surface area contributed by atoms with Crippen LogP contribution in [0.15, 0.2) is 28.9 Å². The molecule has 0 radical (unpaired) electrons. The van der Waals surface area contributed by atoms with Crippen molar-refractivity contribution < 1.29 is 23.1 Å². The van der Waals surface area contributed by atoms with Crippen LogP contribution in [-0.2, 0) is 6.54 Å². The highest BCUT2D eigenvalue weighted by molar-refractivity contribution is 5.87. The molecule has 0 bridgehead atoms. The molecule has 100 valence electrons. The van der Waals surface area contributed by atoms with E-state index in [2.05, 4.69) is 5.32 Å². The van der Waals surface area contributed by atoms with Crippen molar-refractivity contribution in [2.45, 2.75) is 13.5 Å². The summed E-state index contributed by atoms with van der Waals surface area (Å²) < 4.78 is 31.8. The predicted molar refractivity (Wildman–Crippen MR) is 64.1 cm³/mol. The van der Waals surface area contributed by atoms with Gasteiger partial charge in [-0.25, -0.2) is 13.6 Å². The molecule has 0 aliphatic heterocycles. The first-order chi connectivity index (χ1) is 8.97. The van der Waals surface area contributed by atoms with Gasteiger partial charge in [0.25, 0.3) is 0 Å². The highest BCUT2D eigenvalue weighted by Crippen LogP contribution is 2.20. The summed E-state index contributed by atoms with van der Waals surface area (Å²) in [6.45, 7) is 1.53. The molecule has 2 aromatic rings. The molecular formula is C13H11F2NO3. The number of hydrogen-bond acceptors (Lipinski definition) is 3. The van der Waals surface area contributed by atoms with Gasteiger partial charge in [-0.1, -0.05) is 0 Å². The summed E-state index contributed by atoms with van der Waals surface area (Å²) in [5.74, 6) is -1.89. The summed E-state index contributed by atoms with van der Waals surface area (Å²) in [5.41, 5.74) is 0.220. The van der Waals surface area contributed by atoms with Crippen LogP contribution in [0.1, 0.15) is 21.7 Å². The highest BCUT2D eigenvalue weighted by atomic mass is 19.1. The number of carboxylic acids is 1. The Kier molecular flexibility index (Phi) is 3.50. The number of aromatic carboxylic acids is 1. The van der Waals surface area contributed by atoms with Crippen LogP contribution < -0.4 is 5.32 Å². The number of carbonyl (C=O) groups is 1. The summed E-state index contributed by atoms with van der Waals surface area (Å²) in [4.78, 5) is 10.6. The van der Waals surface area contributed by atoms with Crippen molar-refractivity contribution >= 4 is 11.7 Å². The molecule has 1 aromatic heterocycles. The quantitative estimate of drug-likeness (QED) is 0.893. The number of anilines is 1. The molecule has 19 heavy (non-hydrogen) atoms. The Bertz CT molecular complexity index is 622. The lowest BCUT2D eigenvalue weighted by molar-refractivity contribution is 0.0696. The molecule has 2 rings (SSSR count). The van der Waals surface area contributed by atoms with Gasteiger partial charge in [-0.15, -0.1) is 0 Å². The molecule has 0 saturated heterocycles. The van der Waals surface area contributed by atoms with Gasteiger partial charge < -0.3 is 14.8 Å². The SMILES string of the molecule is Cc1cc(F)c(NCc2cc(C(=O)O)co2)cc1F. The Morgan fingerprint density at radius 3 is 2.68 bits per heavy atom. The Morgan fingerprint density at radius 1 is 1.32 bits per heavy atom. The molecule has 1 aromatic carbocycles. The number of aryl methyl sites for hydroxylation is 1. The Labute approximate surface area is 107 Å². The van der Waals surface area contributed by atoms with Gasteiger partial charge in [-0.2, -0.15) is 0 Å². The van der Waals surface area contributed by atoms with Crippen LogP contribution in [0.4, 0.5) is 14.5 Å². The van der Waals surface area contributed by atoms with E-state index in [1.165, 1.54) is 13.0 Å². The molecule has 0 spiro atoms. The lowest BCUT2D eigenvalue weighted by Gasteiger charge is -2.07. The molecule has 0 unspecified atom stereocenters. The Hall–Kier alpha value is -2.37. The Morgan fingerprint density at radius 2 is 2.05 bits per heavy atom. The first-order valence-corrected chi connectivity index (χ1v) is 5.47. The normalized spacial score (nSPS) is 10.5. The van der Waals surface area contributed by atoms with Gasteiger partial charge in [0.05, 0.1) is 17.8 Å². The summed E-state index contributed by atoms with van der Waals surface area (Å²) in [6.07, 6.45) is 1.09. The lowest BCUT2D eigenvalue weighted by atomic mass is 10.2. The standard InChI is InChI=1S/C13H11F2NO3/c1-7-2-11(15)12(4-10(7)14)16-5-9-3-8(6-19-9)13(17)18/h2-4,6,16H,5H2,1H3,(H,17,18). The summed E-state index contributed by atoms with van der Waals surface area (Å²) in [7, 11) is 0. The summed E-state index contributed by atoms with van der Waals surface area (Å²) in [6, 6.07) is 3.45. The third-order valence-electron chi connectivity index (χ3n) is 2.60. The third kappa shape index (κ3) is 2.90. The highest BCUT2D eigenvalue weighted by Gasteiger charge is 2.10. The van der Waals surface area contributed by atoms with Crippen LogP contribution in [0.5, 0.6) is 0 Å². The van der Waals surface area contributed by atoms with Crippen LogP contribution in [0.25, 0.3) is 0 Å². The zero-order valence-electron chi connectivity index (χ0n) is 10.0. The number of hydrogen-bond donors (Lipinski definition) is 2. The molecule has 4 nitrogen and oxygen atoms in total. The van der Waals surface area contributed by atoms with E-state index in [1.807, 2.05) is 0 Å². The summed E-state index contributed by atoms with van der Waals surface area (Å²) >= 11 is 0. The van der Waals surface area contributed by atoms with E-state index in [0.29, 0.717) is 5.76 Å². The van der Waals surface area contributed by atoms with Crippen molar-refractivity contribution in [3.63, 3.8) is 0 Å². The zero-order chi connectivity index (χ0) is 14.0. The summed E-state index contributed by atoms with van der Waals surface area (Å²) in [5, 5.41) is 11.4. The molecule has 2 N–H and O–H groups in total. The first kappa shape index (κ1) is 13.1. The molecule has 0 aliphatic rings.